The number of rotatable bonds is 7. The lowest BCUT2D eigenvalue weighted by atomic mass is 9.85. The Hall–Kier alpha value is 0.230. The third-order valence-electron chi connectivity index (χ3n) is 4.49. The van der Waals surface area contributed by atoms with Gasteiger partial charge in [0.15, 0.2) is 0 Å². The summed E-state index contributed by atoms with van der Waals surface area (Å²) in [5.41, 5.74) is 6.35. The number of hydrogen-bond donors (Lipinski definition) is 1. The van der Waals surface area contributed by atoms with E-state index >= 15 is 0 Å². The van der Waals surface area contributed by atoms with Crippen molar-refractivity contribution >= 4 is 11.8 Å². The summed E-state index contributed by atoms with van der Waals surface area (Å²) in [5.74, 6) is 1.25. The minimum Gasteiger partial charge on any atom is -0.329 e. The molecule has 2 N–H and O–H groups in total. The van der Waals surface area contributed by atoms with E-state index in [-0.39, 0.29) is 5.54 Å². The molecule has 0 unspecified atom stereocenters. The van der Waals surface area contributed by atoms with Gasteiger partial charge < -0.3 is 10.6 Å². The normalized spacial score (nSPS) is 20.8. The monoisotopic (exact) mass is 273 g/mol. The fraction of sp³-hybridized carbons (Fsp3) is 1.00. The topological polar surface area (TPSA) is 32.5 Å². The molecule has 18 heavy (non-hydrogen) atoms. The molecule has 4 heteroatoms. The van der Waals surface area contributed by atoms with Gasteiger partial charge in [-0.25, -0.2) is 0 Å². The maximum absolute atomic E-state index is 6.10. The molecule has 1 rings (SSSR count). The van der Waals surface area contributed by atoms with Crippen LogP contribution >= 0.6 is 11.8 Å². The van der Waals surface area contributed by atoms with Gasteiger partial charge in [0.1, 0.15) is 0 Å². The van der Waals surface area contributed by atoms with Crippen LogP contribution in [0.25, 0.3) is 0 Å². The van der Waals surface area contributed by atoms with Crippen molar-refractivity contribution in [2.45, 2.75) is 44.7 Å². The number of likely N-dealkylation sites (N-methyl/N-ethyl adjacent to an activating group) is 1. The molecule has 1 saturated heterocycles. The SMILES string of the molecule is CSCCCN(C)C1(CN)CCN(C(C)C)CC1. The standard InChI is InChI=1S/C14H31N3S/c1-13(2)17-9-6-14(12-15,7-10-17)16(3)8-5-11-18-4/h13H,5-12,15H2,1-4H3. The van der Waals surface area contributed by atoms with Gasteiger partial charge in [-0.2, -0.15) is 11.8 Å². The van der Waals surface area contributed by atoms with Crippen LogP contribution in [-0.4, -0.2) is 66.6 Å². The molecule has 0 atom stereocenters. The van der Waals surface area contributed by atoms with E-state index in [2.05, 4.69) is 37.0 Å². The van der Waals surface area contributed by atoms with Gasteiger partial charge in [-0.15, -0.1) is 0 Å². The van der Waals surface area contributed by atoms with Crippen LogP contribution in [0.1, 0.15) is 33.1 Å². The summed E-state index contributed by atoms with van der Waals surface area (Å²) in [4.78, 5) is 5.10. The van der Waals surface area contributed by atoms with Crippen molar-refractivity contribution in [3.63, 3.8) is 0 Å². The summed E-state index contributed by atoms with van der Waals surface area (Å²) in [6, 6.07) is 0.669. The van der Waals surface area contributed by atoms with Crippen LogP contribution in [0, 0.1) is 0 Å². The molecule has 0 spiro atoms. The summed E-state index contributed by atoms with van der Waals surface area (Å²) in [5, 5.41) is 0. The molecule has 0 aliphatic carbocycles. The molecular formula is C14H31N3S. The molecule has 1 aliphatic heterocycles. The van der Waals surface area contributed by atoms with Gasteiger partial charge in [-0.3, -0.25) is 4.90 Å². The highest BCUT2D eigenvalue weighted by Gasteiger charge is 2.36. The van der Waals surface area contributed by atoms with Gasteiger partial charge in [0.05, 0.1) is 0 Å². The second-order valence-electron chi connectivity index (χ2n) is 5.83. The zero-order valence-corrected chi connectivity index (χ0v) is 13.4. The van der Waals surface area contributed by atoms with Gasteiger partial charge in [-0.1, -0.05) is 0 Å². The first-order chi connectivity index (χ1) is 8.55. The van der Waals surface area contributed by atoms with E-state index in [0.717, 1.165) is 6.54 Å². The Morgan fingerprint density at radius 3 is 2.39 bits per heavy atom. The number of hydrogen-bond acceptors (Lipinski definition) is 4. The first-order valence-corrected chi connectivity index (χ1v) is 8.59. The molecule has 0 aromatic carbocycles. The highest BCUT2D eigenvalue weighted by molar-refractivity contribution is 7.98. The lowest BCUT2D eigenvalue weighted by molar-refractivity contribution is 0.0347. The molecule has 1 heterocycles. The van der Waals surface area contributed by atoms with Gasteiger partial charge in [0, 0.05) is 31.2 Å². The van der Waals surface area contributed by atoms with E-state index in [9.17, 15) is 0 Å². The zero-order valence-electron chi connectivity index (χ0n) is 12.6. The fourth-order valence-corrected chi connectivity index (χ4v) is 3.30. The number of nitrogens with zero attached hydrogens (tertiary/aromatic N) is 2. The zero-order chi connectivity index (χ0) is 13.6. The molecular weight excluding hydrogens is 242 g/mol. The number of likely N-dealkylation sites (tertiary alicyclic amines) is 1. The first kappa shape index (κ1) is 16.3. The van der Waals surface area contributed by atoms with Crippen molar-refractivity contribution in [3.8, 4) is 0 Å². The maximum Gasteiger partial charge on any atom is 0.0353 e. The largest absolute Gasteiger partial charge is 0.329 e. The summed E-state index contributed by atoms with van der Waals surface area (Å²) in [6.07, 6.45) is 5.89. The molecule has 0 aromatic rings. The van der Waals surface area contributed by atoms with E-state index in [1.165, 1.54) is 44.6 Å². The molecule has 1 fully saturated rings. The second kappa shape index (κ2) is 7.73. The summed E-state index contributed by atoms with van der Waals surface area (Å²) >= 11 is 1.93. The Morgan fingerprint density at radius 2 is 1.94 bits per heavy atom. The molecule has 108 valence electrons. The molecule has 0 saturated carbocycles. The molecule has 1 aliphatic rings. The van der Waals surface area contributed by atoms with Crippen LogP contribution in [0.5, 0.6) is 0 Å². The van der Waals surface area contributed by atoms with Crippen molar-refractivity contribution in [2.24, 2.45) is 5.73 Å². The highest BCUT2D eigenvalue weighted by Crippen LogP contribution is 2.28. The number of thioether (sulfide) groups is 1. The van der Waals surface area contributed by atoms with Gasteiger partial charge >= 0.3 is 0 Å². The Morgan fingerprint density at radius 1 is 1.33 bits per heavy atom. The molecule has 0 radical (unpaired) electrons. The summed E-state index contributed by atoms with van der Waals surface area (Å²) in [7, 11) is 2.26. The van der Waals surface area contributed by atoms with E-state index in [4.69, 9.17) is 5.73 Å². The van der Waals surface area contributed by atoms with E-state index in [1.54, 1.807) is 0 Å². The number of nitrogens with two attached hydrogens (primary N) is 1. The van der Waals surface area contributed by atoms with E-state index < -0.39 is 0 Å². The Labute approximate surface area is 117 Å². The highest BCUT2D eigenvalue weighted by atomic mass is 32.2. The van der Waals surface area contributed by atoms with Crippen LogP contribution < -0.4 is 5.73 Å². The lowest BCUT2D eigenvalue weighted by Crippen LogP contribution is -2.59. The van der Waals surface area contributed by atoms with Crippen LogP contribution in [0.3, 0.4) is 0 Å². The first-order valence-electron chi connectivity index (χ1n) is 7.20. The Kier molecular flexibility index (Phi) is 6.99. The average molecular weight is 273 g/mol. The third-order valence-corrected chi connectivity index (χ3v) is 5.19. The van der Waals surface area contributed by atoms with Crippen LogP contribution in [0.4, 0.5) is 0 Å². The Balaban J connectivity index is 2.48. The van der Waals surface area contributed by atoms with Gasteiger partial charge in [0.2, 0.25) is 0 Å². The van der Waals surface area contributed by atoms with Crippen LogP contribution in [0.2, 0.25) is 0 Å². The van der Waals surface area contributed by atoms with Gasteiger partial charge in [0.25, 0.3) is 0 Å². The molecule has 0 amide bonds. The molecule has 3 nitrogen and oxygen atoms in total. The number of piperidine rings is 1. The maximum atomic E-state index is 6.10. The quantitative estimate of drug-likeness (QED) is 0.718. The van der Waals surface area contributed by atoms with E-state index in [1.807, 2.05) is 11.8 Å². The predicted molar refractivity (Wildman–Crippen MR) is 83.4 cm³/mol. The minimum atomic E-state index is 0.254. The van der Waals surface area contributed by atoms with Crippen LogP contribution in [0.15, 0.2) is 0 Å². The molecule has 0 bridgehead atoms. The minimum absolute atomic E-state index is 0.254. The average Bonchev–Trinajstić information content (AvgIpc) is 2.38. The van der Waals surface area contributed by atoms with E-state index in [0.29, 0.717) is 6.04 Å². The smallest absolute Gasteiger partial charge is 0.0353 e. The van der Waals surface area contributed by atoms with Gasteiger partial charge in [-0.05, 0) is 58.7 Å². The van der Waals surface area contributed by atoms with Crippen molar-refractivity contribution < 1.29 is 0 Å². The summed E-state index contributed by atoms with van der Waals surface area (Å²) < 4.78 is 0. The Bertz CT molecular complexity index is 225. The second-order valence-corrected chi connectivity index (χ2v) is 6.81. The van der Waals surface area contributed by atoms with Crippen LogP contribution in [-0.2, 0) is 0 Å². The van der Waals surface area contributed by atoms with Crippen molar-refractivity contribution in [1.82, 2.24) is 9.80 Å². The predicted octanol–water partition coefficient (Wildman–Crippen LogP) is 1.87. The molecule has 0 aromatic heterocycles. The van der Waals surface area contributed by atoms with Crippen molar-refractivity contribution in [2.75, 3.05) is 45.2 Å². The summed E-state index contributed by atoms with van der Waals surface area (Å²) in [6.45, 7) is 8.95. The van der Waals surface area contributed by atoms with Crippen molar-refractivity contribution in [3.05, 3.63) is 0 Å². The third kappa shape index (κ3) is 4.12. The lowest BCUT2D eigenvalue weighted by Gasteiger charge is -2.48. The fourth-order valence-electron chi connectivity index (χ4n) is 2.88. The van der Waals surface area contributed by atoms with Crippen molar-refractivity contribution in [1.29, 1.82) is 0 Å².